The van der Waals surface area contributed by atoms with Crippen LogP contribution in [0.4, 0.5) is 0 Å². The van der Waals surface area contributed by atoms with Crippen LogP contribution in [-0.2, 0) is 16.0 Å². The molecule has 3 fully saturated rings. The Kier molecular flexibility index (Phi) is 8.40. The molecule has 0 N–H and O–H groups in total. The van der Waals surface area contributed by atoms with Crippen LogP contribution >= 0.6 is 0 Å². The van der Waals surface area contributed by atoms with Gasteiger partial charge < -0.3 is 14.5 Å². The fourth-order valence-electron chi connectivity index (χ4n) is 5.92. The van der Waals surface area contributed by atoms with E-state index in [2.05, 4.69) is 45.0 Å². The van der Waals surface area contributed by atoms with Crippen LogP contribution in [0.1, 0.15) is 51.0 Å². The molecule has 1 aromatic carbocycles. The Hall–Kier alpha value is -1.43. The molecule has 3 heterocycles. The minimum absolute atomic E-state index is 0.373. The second-order valence-corrected chi connectivity index (χ2v) is 9.60. The highest BCUT2D eigenvalue weighted by Crippen LogP contribution is 2.33. The number of carbonyl (C=O) groups excluding carboxylic acids is 1. The Morgan fingerprint density at radius 1 is 1.00 bits per heavy atom. The Labute approximate surface area is 188 Å². The number of amides is 1. The normalized spacial score (nSPS) is 26.2. The van der Waals surface area contributed by atoms with E-state index in [1.165, 1.54) is 44.6 Å². The Bertz CT molecular complexity index is 674. The number of rotatable bonds is 9. The molecule has 2 atom stereocenters. The lowest BCUT2D eigenvalue weighted by Gasteiger charge is -2.50. The Morgan fingerprint density at radius 2 is 1.81 bits per heavy atom. The molecule has 1 amide bonds. The van der Waals surface area contributed by atoms with Crippen LogP contribution in [0.3, 0.4) is 0 Å². The first-order valence-electron chi connectivity index (χ1n) is 12.6. The smallest absolute Gasteiger partial charge is 0.222 e. The number of nitrogens with zero attached hydrogens (tertiary/aromatic N) is 3. The lowest BCUT2D eigenvalue weighted by molar-refractivity contribution is -0.142. The lowest BCUT2D eigenvalue weighted by atomic mass is 9.82. The molecule has 4 rings (SSSR count). The molecule has 0 unspecified atom stereocenters. The van der Waals surface area contributed by atoms with Gasteiger partial charge in [-0.1, -0.05) is 30.3 Å². The van der Waals surface area contributed by atoms with Crippen LogP contribution < -0.4 is 0 Å². The number of fused-ring (bicyclic) bond motifs is 1. The second kappa shape index (κ2) is 11.4. The lowest BCUT2D eigenvalue weighted by Crippen LogP contribution is -2.58. The third kappa shape index (κ3) is 6.09. The number of likely N-dealkylation sites (tertiary alicyclic amines) is 3. The van der Waals surface area contributed by atoms with E-state index in [1.807, 2.05) is 6.92 Å². The number of piperidine rings is 3. The van der Waals surface area contributed by atoms with Crippen molar-refractivity contribution in [1.29, 1.82) is 0 Å². The number of ether oxygens (including phenoxy) is 1. The van der Waals surface area contributed by atoms with Gasteiger partial charge in [0.1, 0.15) is 0 Å². The van der Waals surface area contributed by atoms with Gasteiger partial charge in [0.25, 0.3) is 0 Å². The van der Waals surface area contributed by atoms with Gasteiger partial charge in [-0.05, 0) is 70.0 Å². The molecule has 0 radical (unpaired) electrons. The van der Waals surface area contributed by atoms with E-state index in [0.717, 1.165) is 64.4 Å². The summed E-state index contributed by atoms with van der Waals surface area (Å²) >= 11 is 0. The molecule has 0 aromatic heterocycles. The largest absolute Gasteiger partial charge is 0.382 e. The van der Waals surface area contributed by atoms with Gasteiger partial charge in [-0.25, -0.2) is 0 Å². The molecule has 0 aliphatic carbocycles. The maximum Gasteiger partial charge on any atom is 0.222 e. The molecule has 5 heteroatoms. The molecule has 172 valence electrons. The fourth-order valence-corrected chi connectivity index (χ4v) is 5.92. The topological polar surface area (TPSA) is 36.0 Å². The van der Waals surface area contributed by atoms with E-state index in [0.29, 0.717) is 17.9 Å². The van der Waals surface area contributed by atoms with Crippen molar-refractivity contribution in [2.45, 2.75) is 64.0 Å². The standard InChI is InChI=1S/C26H41N3O2/c1-2-31-20-6-15-29-25-14-19-28(21-23(25)9-10-26(29)30)24-12-17-27(18-13-24)16-11-22-7-4-3-5-8-22/h3-5,7-8,23-25H,2,6,9-21H2,1H3/t23-,25+/m0/s1. The Balaban J connectivity index is 1.21. The van der Waals surface area contributed by atoms with Crippen molar-refractivity contribution in [3.8, 4) is 0 Å². The summed E-state index contributed by atoms with van der Waals surface area (Å²) < 4.78 is 5.49. The average Bonchev–Trinajstić information content (AvgIpc) is 2.82. The summed E-state index contributed by atoms with van der Waals surface area (Å²) in [4.78, 5) is 20.2. The van der Waals surface area contributed by atoms with Crippen molar-refractivity contribution in [1.82, 2.24) is 14.7 Å². The van der Waals surface area contributed by atoms with E-state index < -0.39 is 0 Å². The van der Waals surface area contributed by atoms with Crippen molar-refractivity contribution in [3.05, 3.63) is 35.9 Å². The van der Waals surface area contributed by atoms with Crippen molar-refractivity contribution in [2.24, 2.45) is 5.92 Å². The number of hydrogen-bond donors (Lipinski definition) is 0. The summed E-state index contributed by atoms with van der Waals surface area (Å²) in [5.74, 6) is 1.03. The molecule has 0 spiro atoms. The predicted molar refractivity (Wildman–Crippen MR) is 125 cm³/mol. The zero-order chi connectivity index (χ0) is 21.5. The maximum atomic E-state index is 12.6. The van der Waals surface area contributed by atoms with Gasteiger partial charge >= 0.3 is 0 Å². The summed E-state index contributed by atoms with van der Waals surface area (Å²) in [6, 6.07) is 12.1. The van der Waals surface area contributed by atoms with E-state index in [-0.39, 0.29) is 0 Å². The van der Waals surface area contributed by atoms with Crippen LogP contribution in [0.5, 0.6) is 0 Å². The van der Waals surface area contributed by atoms with E-state index in [1.54, 1.807) is 0 Å². The third-order valence-electron chi connectivity index (χ3n) is 7.70. The summed E-state index contributed by atoms with van der Waals surface area (Å²) in [5.41, 5.74) is 1.45. The molecule has 3 aliphatic rings. The van der Waals surface area contributed by atoms with Gasteiger partial charge in [-0.15, -0.1) is 0 Å². The van der Waals surface area contributed by atoms with Crippen LogP contribution in [0.15, 0.2) is 30.3 Å². The second-order valence-electron chi connectivity index (χ2n) is 9.60. The summed E-state index contributed by atoms with van der Waals surface area (Å²) in [7, 11) is 0. The van der Waals surface area contributed by atoms with Crippen molar-refractivity contribution in [3.63, 3.8) is 0 Å². The van der Waals surface area contributed by atoms with Gasteiger partial charge in [-0.2, -0.15) is 0 Å². The van der Waals surface area contributed by atoms with Crippen molar-refractivity contribution < 1.29 is 9.53 Å². The summed E-state index contributed by atoms with van der Waals surface area (Å²) in [5, 5.41) is 0. The first kappa shape index (κ1) is 22.8. The predicted octanol–water partition coefficient (Wildman–Crippen LogP) is 3.43. The zero-order valence-electron chi connectivity index (χ0n) is 19.4. The minimum Gasteiger partial charge on any atom is -0.382 e. The molecule has 3 saturated heterocycles. The average molecular weight is 428 g/mol. The monoisotopic (exact) mass is 427 g/mol. The molecular weight excluding hydrogens is 386 g/mol. The highest BCUT2D eigenvalue weighted by atomic mass is 16.5. The van der Waals surface area contributed by atoms with Crippen LogP contribution in [-0.4, -0.2) is 85.2 Å². The zero-order valence-corrected chi connectivity index (χ0v) is 19.4. The first-order valence-corrected chi connectivity index (χ1v) is 12.6. The van der Waals surface area contributed by atoms with E-state index in [4.69, 9.17) is 4.74 Å². The van der Waals surface area contributed by atoms with E-state index in [9.17, 15) is 4.79 Å². The van der Waals surface area contributed by atoms with E-state index >= 15 is 0 Å². The van der Waals surface area contributed by atoms with Gasteiger partial charge in [0.2, 0.25) is 5.91 Å². The fraction of sp³-hybridized carbons (Fsp3) is 0.731. The third-order valence-corrected chi connectivity index (χ3v) is 7.70. The van der Waals surface area contributed by atoms with Gasteiger partial charge in [-0.3, -0.25) is 9.69 Å². The quantitative estimate of drug-likeness (QED) is 0.566. The molecule has 1 aromatic rings. The number of hydrogen-bond acceptors (Lipinski definition) is 4. The summed E-state index contributed by atoms with van der Waals surface area (Å²) in [6.45, 7) is 10.4. The van der Waals surface area contributed by atoms with Crippen LogP contribution in [0, 0.1) is 5.92 Å². The number of benzene rings is 1. The highest BCUT2D eigenvalue weighted by molar-refractivity contribution is 5.77. The molecule has 0 bridgehead atoms. The molecule has 31 heavy (non-hydrogen) atoms. The van der Waals surface area contributed by atoms with Gasteiger partial charge in [0.05, 0.1) is 0 Å². The molecular formula is C26H41N3O2. The van der Waals surface area contributed by atoms with Gasteiger partial charge in [0.15, 0.2) is 0 Å². The first-order chi connectivity index (χ1) is 15.2. The molecule has 3 aliphatic heterocycles. The van der Waals surface area contributed by atoms with Gasteiger partial charge in [0, 0.05) is 57.9 Å². The highest BCUT2D eigenvalue weighted by Gasteiger charge is 2.40. The van der Waals surface area contributed by atoms with Crippen LogP contribution in [0.2, 0.25) is 0 Å². The Morgan fingerprint density at radius 3 is 2.58 bits per heavy atom. The van der Waals surface area contributed by atoms with Crippen molar-refractivity contribution in [2.75, 3.05) is 52.5 Å². The molecule has 5 nitrogen and oxygen atoms in total. The SMILES string of the molecule is CCOCCCN1C(=O)CC[C@H]2CN(C3CCN(CCc4ccccc4)CC3)CC[C@H]21. The van der Waals surface area contributed by atoms with Crippen molar-refractivity contribution >= 4 is 5.91 Å². The molecule has 0 saturated carbocycles. The maximum absolute atomic E-state index is 12.6. The summed E-state index contributed by atoms with van der Waals surface area (Å²) in [6.07, 6.45) is 7.69. The number of carbonyl (C=O) groups is 1. The minimum atomic E-state index is 0.373. The van der Waals surface area contributed by atoms with Crippen LogP contribution in [0.25, 0.3) is 0 Å².